The van der Waals surface area contributed by atoms with Gasteiger partial charge in [0.15, 0.2) is 0 Å². The molecule has 0 amide bonds. The molecule has 4 nitrogen and oxygen atoms in total. The summed E-state index contributed by atoms with van der Waals surface area (Å²) < 4.78 is 11.0. The van der Waals surface area contributed by atoms with Crippen LogP contribution in [0.15, 0.2) is 33.9 Å². The normalized spacial score (nSPS) is 14.0. The second kappa shape index (κ2) is 7.00. The number of hydrogen-bond acceptors (Lipinski definition) is 5. The Morgan fingerprint density at radius 2 is 2.14 bits per heavy atom. The van der Waals surface area contributed by atoms with Crippen LogP contribution in [0.25, 0.3) is 0 Å². The fourth-order valence-corrected chi connectivity index (χ4v) is 3.27. The molecule has 5 heteroatoms. The lowest BCUT2D eigenvalue weighted by atomic mass is 10.0. The molecule has 2 aromatic rings. The lowest BCUT2D eigenvalue weighted by Gasteiger charge is -2.21. The Kier molecular flexibility index (Phi) is 5.31. The largest absolute Gasteiger partial charge is 0.497 e. The van der Waals surface area contributed by atoms with Gasteiger partial charge in [0.2, 0.25) is 0 Å². The Morgan fingerprint density at radius 1 is 1.38 bits per heavy atom. The topological polar surface area (TPSA) is 61.3 Å². The third kappa shape index (κ3) is 3.80. The van der Waals surface area contributed by atoms with Crippen molar-refractivity contribution in [1.29, 1.82) is 0 Å². The number of thioether (sulfide) groups is 1. The number of ether oxygens (including phenoxy) is 1. The molecule has 2 atom stereocenters. The summed E-state index contributed by atoms with van der Waals surface area (Å²) in [6.07, 6.45) is 0.882. The average molecular weight is 306 g/mol. The van der Waals surface area contributed by atoms with Gasteiger partial charge < -0.3 is 14.9 Å². The summed E-state index contributed by atoms with van der Waals surface area (Å²) in [5.74, 6) is 1.69. The van der Waals surface area contributed by atoms with Gasteiger partial charge in [0.25, 0.3) is 5.22 Å². The van der Waals surface area contributed by atoms with E-state index < -0.39 is 0 Å². The van der Waals surface area contributed by atoms with Crippen LogP contribution in [0.3, 0.4) is 0 Å². The number of methoxy groups -OCH3 is 1. The minimum atomic E-state index is 0.0228. The number of aromatic nitrogens is 1. The third-order valence-corrected chi connectivity index (χ3v) is 4.77. The van der Waals surface area contributed by atoms with Crippen LogP contribution in [0.4, 0.5) is 0 Å². The quantitative estimate of drug-likeness (QED) is 0.821. The van der Waals surface area contributed by atoms with Crippen molar-refractivity contribution in [1.82, 2.24) is 4.98 Å². The highest BCUT2D eigenvalue weighted by Gasteiger charge is 2.23. The molecule has 0 aliphatic heterocycles. The molecule has 2 N–H and O–H groups in total. The van der Waals surface area contributed by atoms with E-state index in [9.17, 15) is 0 Å². The molecular weight excluding hydrogens is 284 g/mol. The molecule has 0 bridgehead atoms. The van der Waals surface area contributed by atoms with Gasteiger partial charge in [-0.2, -0.15) is 0 Å². The van der Waals surface area contributed by atoms with Crippen molar-refractivity contribution in [2.24, 2.45) is 5.73 Å². The molecular formula is C16H22N2O2S. The van der Waals surface area contributed by atoms with E-state index in [4.69, 9.17) is 14.9 Å². The molecule has 114 valence electrons. The molecule has 0 radical (unpaired) electrons. The Hall–Kier alpha value is -1.46. The standard InChI is InChI=1S/C16H22N2O2S/c1-5-14(17)15(12-7-6-8-13(9-12)19-4)21-16-18-10(2)11(3)20-16/h6-9,14-15H,5,17H2,1-4H3. The first-order valence-corrected chi connectivity index (χ1v) is 7.93. The highest BCUT2D eigenvalue weighted by atomic mass is 32.2. The van der Waals surface area contributed by atoms with Crippen molar-refractivity contribution < 1.29 is 9.15 Å². The number of oxazole rings is 1. The molecule has 21 heavy (non-hydrogen) atoms. The van der Waals surface area contributed by atoms with Crippen molar-refractivity contribution >= 4 is 11.8 Å². The Labute approximate surface area is 130 Å². The zero-order chi connectivity index (χ0) is 15.4. The van der Waals surface area contributed by atoms with Crippen LogP contribution in [-0.2, 0) is 0 Å². The molecule has 0 aliphatic carbocycles. The van der Waals surface area contributed by atoms with Gasteiger partial charge in [-0.05, 0) is 38.0 Å². The Bertz CT molecular complexity index is 578. The summed E-state index contributed by atoms with van der Waals surface area (Å²) >= 11 is 1.57. The van der Waals surface area contributed by atoms with Gasteiger partial charge in [-0.15, -0.1) is 0 Å². The van der Waals surface area contributed by atoms with Crippen LogP contribution in [0.2, 0.25) is 0 Å². The van der Waals surface area contributed by atoms with E-state index in [1.165, 1.54) is 0 Å². The van der Waals surface area contributed by atoms with E-state index in [1.807, 2.05) is 32.0 Å². The molecule has 1 aromatic heterocycles. The number of benzene rings is 1. The molecule has 0 saturated heterocycles. The van der Waals surface area contributed by atoms with Gasteiger partial charge in [0.1, 0.15) is 11.5 Å². The van der Waals surface area contributed by atoms with Crippen LogP contribution in [0.5, 0.6) is 5.75 Å². The predicted octanol–water partition coefficient (Wildman–Crippen LogP) is 3.87. The van der Waals surface area contributed by atoms with E-state index in [0.29, 0.717) is 5.22 Å². The summed E-state index contributed by atoms with van der Waals surface area (Å²) in [5, 5.41) is 0.754. The molecule has 0 fully saturated rings. The molecule has 2 rings (SSSR count). The SMILES string of the molecule is CCC(N)C(Sc1nc(C)c(C)o1)c1cccc(OC)c1. The van der Waals surface area contributed by atoms with E-state index in [-0.39, 0.29) is 11.3 Å². The number of aryl methyl sites for hydroxylation is 2. The molecule has 1 aromatic carbocycles. The maximum absolute atomic E-state index is 6.30. The van der Waals surface area contributed by atoms with Crippen molar-refractivity contribution in [2.75, 3.05) is 7.11 Å². The maximum Gasteiger partial charge on any atom is 0.256 e. The first-order chi connectivity index (χ1) is 10.0. The summed E-state index contributed by atoms with van der Waals surface area (Å²) in [4.78, 5) is 4.44. The van der Waals surface area contributed by atoms with E-state index in [1.54, 1.807) is 18.9 Å². The van der Waals surface area contributed by atoms with E-state index >= 15 is 0 Å². The van der Waals surface area contributed by atoms with Gasteiger partial charge in [-0.25, -0.2) is 4.98 Å². The van der Waals surface area contributed by atoms with Gasteiger partial charge in [0.05, 0.1) is 18.1 Å². The fraction of sp³-hybridized carbons (Fsp3) is 0.438. The number of nitrogens with zero attached hydrogens (tertiary/aromatic N) is 1. The number of hydrogen-bond donors (Lipinski definition) is 1. The lowest BCUT2D eigenvalue weighted by Crippen LogP contribution is -2.25. The van der Waals surface area contributed by atoms with Crippen molar-refractivity contribution in [3.8, 4) is 5.75 Å². The maximum atomic E-state index is 6.30. The first kappa shape index (κ1) is 15.9. The molecule has 0 saturated carbocycles. The Balaban J connectivity index is 2.29. The highest BCUT2D eigenvalue weighted by molar-refractivity contribution is 7.99. The van der Waals surface area contributed by atoms with E-state index in [2.05, 4.69) is 18.0 Å². The van der Waals surface area contributed by atoms with E-state index in [0.717, 1.165) is 29.2 Å². The van der Waals surface area contributed by atoms with Gasteiger partial charge >= 0.3 is 0 Å². The van der Waals surface area contributed by atoms with Gasteiger partial charge in [-0.1, -0.05) is 30.8 Å². The summed E-state index contributed by atoms with van der Waals surface area (Å²) in [7, 11) is 1.67. The first-order valence-electron chi connectivity index (χ1n) is 7.05. The minimum Gasteiger partial charge on any atom is -0.497 e. The monoisotopic (exact) mass is 306 g/mol. The van der Waals surface area contributed by atoms with Crippen molar-refractivity contribution in [3.05, 3.63) is 41.3 Å². The molecule has 1 heterocycles. The van der Waals surface area contributed by atoms with Crippen molar-refractivity contribution in [2.45, 2.75) is 43.7 Å². The summed E-state index contributed by atoms with van der Waals surface area (Å²) in [6.45, 7) is 5.96. The zero-order valence-electron chi connectivity index (χ0n) is 12.9. The van der Waals surface area contributed by atoms with Gasteiger partial charge in [0, 0.05) is 6.04 Å². The second-order valence-corrected chi connectivity index (χ2v) is 6.10. The second-order valence-electron chi connectivity index (χ2n) is 5.01. The third-order valence-electron chi connectivity index (χ3n) is 3.52. The minimum absolute atomic E-state index is 0.0228. The molecule has 0 spiro atoms. The number of rotatable bonds is 6. The van der Waals surface area contributed by atoms with Gasteiger partial charge in [-0.3, -0.25) is 0 Å². The van der Waals surface area contributed by atoms with Crippen LogP contribution >= 0.6 is 11.8 Å². The Morgan fingerprint density at radius 3 is 2.71 bits per heavy atom. The summed E-state index contributed by atoms with van der Waals surface area (Å²) in [6, 6.07) is 8.03. The van der Waals surface area contributed by atoms with Crippen LogP contribution in [-0.4, -0.2) is 18.1 Å². The van der Waals surface area contributed by atoms with Crippen molar-refractivity contribution in [3.63, 3.8) is 0 Å². The summed E-state index contributed by atoms with van der Waals surface area (Å²) in [5.41, 5.74) is 8.35. The smallest absolute Gasteiger partial charge is 0.256 e. The fourth-order valence-electron chi connectivity index (χ4n) is 2.04. The molecule has 0 aliphatic rings. The average Bonchev–Trinajstić information content (AvgIpc) is 2.82. The highest BCUT2D eigenvalue weighted by Crippen LogP contribution is 2.39. The van der Waals surface area contributed by atoms with Crippen LogP contribution in [0.1, 0.15) is 35.6 Å². The van der Waals surface area contributed by atoms with Crippen LogP contribution in [0, 0.1) is 13.8 Å². The zero-order valence-corrected chi connectivity index (χ0v) is 13.7. The lowest BCUT2D eigenvalue weighted by molar-refractivity contribution is 0.413. The number of nitrogens with two attached hydrogens (primary N) is 1. The molecule has 2 unspecified atom stereocenters. The predicted molar refractivity (Wildman–Crippen MR) is 85.8 cm³/mol. The van der Waals surface area contributed by atoms with Crippen LogP contribution < -0.4 is 10.5 Å².